The number of benzene rings is 1. The van der Waals surface area contributed by atoms with Gasteiger partial charge in [0.2, 0.25) is 0 Å². The summed E-state index contributed by atoms with van der Waals surface area (Å²) in [6.45, 7) is 5.33. The fourth-order valence-electron chi connectivity index (χ4n) is 2.05. The predicted molar refractivity (Wildman–Crippen MR) is 86.6 cm³/mol. The zero-order valence-corrected chi connectivity index (χ0v) is 13.2. The van der Waals surface area contributed by atoms with Crippen LogP contribution < -0.4 is 10.6 Å². The Bertz CT molecular complexity index is 568. The Kier molecular flexibility index (Phi) is 5.75. The van der Waals surface area contributed by atoms with E-state index in [4.69, 9.17) is 0 Å². The van der Waals surface area contributed by atoms with Gasteiger partial charge in [0.15, 0.2) is 0 Å². The summed E-state index contributed by atoms with van der Waals surface area (Å²) in [5.41, 5.74) is 1.30. The Labute approximate surface area is 129 Å². The normalized spacial score (nSPS) is 11.9. The number of hydrogen-bond donors (Lipinski definition) is 2. The van der Waals surface area contributed by atoms with E-state index in [2.05, 4.69) is 34.7 Å². The molecular weight excluding hydrogens is 282 g/mol. The summed E-state index contributed by atoms with van der Waals surface area (Å²) in [6.07, 6.45) is 2.74. The molecule has 1 aromatic carbocycles. The fraction of sp³-hybridized carbons (Fsp3) is 0.375. The highest BCUT2D eigenvalue weighted by Crippen LogP contribution is 2.17. The van der Waals surface area contributed by atoms with E-state index in [1.54, 1.807) is 11.3 Å². The molecule has 0 saturated carbocycles. The van der Waals surface area contributed by atoms with Gasteiger partial charge >= 0.3 is 6.03 Å². The van der Waals surface area contributed by atoms with Gasteiger partial charge in [-0.25, -0.2) is 9.78 Å². The lowest BCUT2D eigenvalue weighted by molar-refractivity contribution is 0.240. The van der Waals surface area contributed by atoms with Gasteiger partial charge in [-0.2, -0.15) is 0 Å². The minimum atomic E-state index is -0.136. The van der Waals surface area contributed by atoms with Crippen LogP contribution in [0.2, 0.25) is 0 Å². The summed E-state index contributed by atoms with van der Waals surface area (Å²) in [4.78, 5) is 17.1. The molecule has 2 amide bonds. The highest BCUT2D eigenvalue weighted by Gasteiger charge is 2.06. The van der Waals surface area contributed by atoms with E-state index >= 15 is 0 Å². The molecule has 2 N–H and O–H groups in total. The van der Waals surface area contributed by atoms with E-state index < -0.39 is 0 Å². The maximum absolute atomic E-state index is 11.7. The van der Waals surface area contributed by atoms with E-state index in [-0.39, 0.29) is 6.03 Å². The summed E-state index contributed by atoms with van der Waals surface area (Å²) < 4.78 is 0. The zero-order chi connectivity index (χ0) is 15.1. The van der Waals surface area contributed by atoms with Crippen molar-refractivity contribution in [2.45, 2.75) is 32.7 Å². The summed E-state index contributed by atoms with van der Waals surface area (Å²) in [7, 11) is 0. The number of hydrogen-bond acceptors (Lipinski definition) is 3. The molecule has 21 heavy (non-hydrogen) atoms. The van der Waals surface area contributed by atoms with Crippen molar-refractivity contribution in [1.82, 2.24) is 15.6 Å². The molecule has 1 unspecified atom stereocenters. The fourth-order valence-corrected chi connectivity index (χ4v) is 2.78. The van der Waals surface area contributed by atoms with Crippen molar-refractivity contribution >= 4 is 17.4 Å². The first-order valence-corrected chi connectivity index (χ1v) is 7.94. The molecular formula is C16H21N3OS. The Balaban J connectivity index is 1.65. The van der Waals surface area contributed by atoms with Crippen LogP contribution >= 0.6 is 11.3 Å². The van der Waals surface area contributed by atoms with Crippen molar-refractivity contribution in [2.24, 2.45) is 0 Å². The molecule has 0 spiro atoms. The molecule has 0 aliphatic rings. The van der Waals surface area contributed by atoms with Crippen LogP contribution in [0.4, 0.5) is 4.79 Å². The van der Waals surface area contributed by atoms with Crippen LogP contribution in [-0.4, -0.2) is 17.6 Å². The third-order valence-corrected chi connectivity index (χ3v) is 4.21. The van der Waals surface area contributed by atoms with E-state index in [1.165, 1.54) is 5.56 Å². The average Bonchev–Trinajstić information content (AvgIpc) is 2.91. The molecule has 0 bridgehead atoms. The van der Waals surface area contributed by atoms with Crippen molar-refractivity contribution in [2.75, 3.05) is 6.54 Å². The Morgan fingerprint density at radius 3 is 2.71 bits per heavy atom. The highest BCUT2D eigenvalue weighted by atomic mass is 32.1. The van der Waals surface area contributed by atoms with E-state index in [9.17, 15) is 4.79 Å². The van der Waals surface area contributed by atoms with Crippen LogP contribution in [0.3, 0.4) is 0 Å². The number of carbonyl (C=O) groups is 1. The maximum Gasteiger partial charge on any atom is 0.315 e. The summed E-state index contributed by atoms with van der Waals surface area (Å²) >= 11 is 1.60. The SMILES string of the molecule is Cc1cnc(CNC(=O)NCCC(C)c2ccccc2)s1. The third-order valence-electron chi connectivity index (χ3n) is 3.30. The number of urea groups is 1. The van der Waals surface area contributed by atoms with Gasteiger partial charge in [-0.3, -0.25) is 0 Å². The molecule has 5 heteroatoms. The lowest BCUT2D eigenvalue weighted by atomic mass is 9.98. The Morgan fingerprint density at radius 2 is 2.05 bits per heavy atom. The quantitative estimate of drug-likeness (QED) is 0.859. The topological polar surface area (TPSA) is 54.0 Å². The van der Waals surface area contributed by atoms with Gasteiger partial charge in [-0.1, -0.05) is 37.3 Å². The van der Waals surface area contributed by atoms with Gasteiger partial charge in [0.25, 0.3) is 0 Å². The zero-order valence-electron chi connectivity index (χ0n) is 12.4. The van der Waals surface area contributed by atoms with Gasteiger partial charge < -0.3 is 10.6 Å². The molecule has 0 saturated heterocycles. The molecule has 1 heterocycles. The first-order valence-electron chi connectivity index (χ1n) is 7.13. The van der Waals surface area contributed by atoms with E-state index in [0.29, 0.717) is 19.0 Å². The number of rotatable bonds is 6. The van der Waals surface area contributed by atoms with Crippen molar-refractivity contribution in [1.29, 1.82) is 0 Å². The van der Waals surface area contributed by atoms with Crippen LogP contribution in [0.1, 0.15) is 34.7 Å². The van der Waals surface area contributed by atoms with Crippen molar-refractivity contribution in [3.8, 4) is 0 Å². The lowest BCUT2D eigenvalue weighted by Crippen LogP contribution is -2.35. The third kappa shape index (κ3) is 5.19. The minimum Gasteiger partial charge on any atom is -0.338 e. The van der Waals surface area contributed by atoms with Crippen molar-refractivity contribution < 1.29 is 4.79 Å². The van der Waals surface area contributed by atoms with Gasteiger partial charge in [-0.05, 0) is 24.8 Å². The van der Waals surface area contributed by atoms with Crippen LogP contribution in [0.15, 0.2) is 36.5 Å². The van der Waals surface area contributed by atoms with Gasteiger partial charge in [0.05, 0.1) is 6.54 Å². The Hall–Kier alpha value is -1.88. The highest BCUT2D eigenvalue weighted by molar-refractivity contribution is 7.11. The first-order chi connectivity index (χ1) is 10.1. The van der Waals surface area contributed by atoms with Crippen LogP contribution in [-0.2, 0) is 6.54 Å². The molecule has 4 nitrogen and oxygen atoms in total. The molecule has 0 aliphatic heterocycles. The number of thiazole rings is 1. The van der Waals surface area contributed by atoms with E-state index in [0.717, 1.165) is 16.3 Å². The summed E-state index contributed by atoms with van der Waals surface area (Å²) in [5, 5.41) is 6.64. The summed E-state index contributed by atoms with van der Waals surface area (Å²) in [6, 6.07) is 10.2. The number of nitrogens with one attached hydrogen (secondary N) is 2. The molecule has 0 fully saturated rings. The first kappa shape index (κ1) is 15.5. The van der Waals surface area contributed by atoms with Gasteiger partial charge in [0, 0.05) is 17.6 Å². The van der Waals surface area contributed by atoms with Crippen LogP contribution in [0, 0.1) is 6.92 Å². The van der Waals surface area contributed by atoms with Crippen LogP contribution in [0.5, 0.6) is 0 Å². The molecule has 1 aromatic heterocycles. The second-order valence-electron chi connectivity index (χ2n) is 5.07. The number of nitrogens with zero attached hydrogens (tertiary/aromatic N) is 1. The smallest absolute Gasteiger partial charge is 0.315 e. The number of amides is 2. The second-order valence-corrected chi connectivity index (χ2v) is 6.39. The monoisotopic (exact) mass is 303 g/mol. The molecule has 2 rings (SSSR count). The predicted octanol–water partition coefficient (Wildman–Crippen LogP) is 3.44. The number of carbonyl (C=O) groups excluding carboxylic acids is 1. The van der Waals surface area contributed by atoms with Gasteiger partial charge in [-0.15, -0.1) is 11.3 Å². The van der Waals surface area contributed by atoms with Crippen molar-refractivity contribution in [3.05, 3.63) is 52.0 Å². The van der Waals surface area contributed by atoms with Crippen LogP contribution in [0.25, 0.3) is 0 Å². The number of aromatic nitrogens is 1. The summed E-state index contributed by atoms with van der Waals surface area (Å²) in [5.74, 6) is 0.438. The maximum atomic E-state index is 11.7. The number of aryl methyl sites for hydroxylation is 1. The second kappa shape index (κ2) is 7.78. The standard InChI is InChI=1S/C16H21N3OS/c1-12(14-6-4-3-5-7-14)8-9-17-16(20)19-11-15-18-10-13(2)21-15/h3-7,10,12H,8-9,11H2,1-2H3,(H2,17,19,20). The largest absolute Gasteiger partial charge is 0.338 e. The average molecular weight is 303 g/mol. The van der Waals surface area contributed by atoms with Gasteiger partial charge in [0.1, 0.15) is 5.01 Å². The molecule has 2 aromatic rings. The van der Waals surface area contributed by atoms with Crippen molar-refractivity contribution in [3.63, 3.8) is 0 Å². The molecule has 1 atom stereocenters. The lowest BCUT2D eigenvalue weighted by Gasteiger charge is -2.12. The van der Waals surface area contributed by atoms with E-state index in [1.807, 2.05) is 31.3 Å². The minimum absolute atomic E-state index is 0.136. The Morgan fingerprint density at radius 1 is 1.29 bits per heavy atom. The molecule has 112 valence electrons. The molecule has 0 radical (unpaired) electrons. The molecule has 0 aliphatic carbocycles.